The number of rotatable bonds is 5. The number of anilines is 3. The van der Waals surface area contributed by atoms with Crippen LogP contribution >= 0.6 is 11.3 Å². The van der Waals surface area contributed by atoms with Crippen molar-refractivity contribution in [2.24, 2.45) is 0 Å². The quantitative estimate of drug-likeness (QED) is 0.181. The summed E-state index contributed by atoms with van der Waals surface area (Å²) in [6.07, 6.45) is 0. The van der Waals surface area contributed by atoms with E-state index >= 15 is 0 Å². The SMILES string of the molecule is c1ccc(N(c2ccc(-c3ccc4c(c3)c3ccccc3n4-c3ccc4ccccc4c3)cc2)c2cccc3c2sc2ccccc23)cc1. The summed E-state index contributed by atoms with van der Waals surface area (Å²) in [5.74, 6) is 0. The summed E-state index contributed by atoms with van der Waals surface area (Å²) in [7, 11) is 0. The van der Waals surface area contributed by atoms with E-state index in [1.54, 1.807) is 0 Å². The summed E-state index contributed by atoms with van der Waals surface area (Å²) in [6, 6.07) is 66.1. The molecule has 10 aromatic rings. The van der Waals surface area contributed by atoms with Crippen LogP contribution in [-0.2, 0) is 0 Å². The van der Waals surface area contributed by atoms with Crippen LogP contribution in [0.2, 0.25) is 0 Å². The molecule has 230 valence electrons. The Morgan fingerprint density at radius 1 is 0.408 bits per heavy atom. The van der Waals surface area contributed by atoms with Crippen molar-refractivity contribution in [1.82, 2.24) is 4.57 Å². The van der Waals surface area contributed by atoms with Gasteiger partial charge in [0.05, 0.1) is 21.4 Å². The third kappa shape index (κ3) is 4.55. The topological polar surface area (TPSA) is 8.17 Å². The van der Waals surface area contributed by atoms with Crippen LogP contribution in [0.1, 0.15) is 0 Å². The first-order chi connectivity index (χ1) is 24.3. The van der Waals surface area contributed by atoms with E-state index in [1.807, 2.05) is 11.3 Å². The van der Waals surface area contributed by atoms with Gasteiger partial charge in [0.2, 0.25) is 0 Å². The first kappa shape index (κ1) is 27.9. The zero-order chi connectivity index (χ0) is 32.3. The maximum atomic E-state index is 2.40. The maximum Gasteiger partial charge on any atom is 0.0640 e. The van der Waals surface area contributed by atoms with Gasteiger partial charge in [-0.25, -0.2) is 0 Å². The molecule has 10 rings (SSSR count). The fourth-order valence-electron chi connectivity index (χ4n) is 7.46. The number of hydrogen-bond acceptors (Lipinski definition) is 2. The number of hydrogen-bond donors (Lipinski definition) is 0. The van der Waals surface area contributed by atoms with Gasteiger partial charge in [-0.2, -0.15) is 0 Å². The molecule has 2 aromatic heterocycles. The van der Waals surface area contributed by atoms with Crippen LogP contribution in [0.15, 0.2) is 182 Å². The van der Waals surface area contributed by atoms with E-state index in [2.05, 4.69) is 191 Å². The van der Waals surface area contributed by atoms with E-state index in [0.717, 1.165) is 11.4 Å². The molecular weight excluding hydrogens is 613 g/mol. The Morgan fingerprint density at radius 2 is 1.08 bits per heavy atom. The highest BCUT2D eigenvalue weighted by Crippen LogP contribution is 2.45. The standard InChI is InChI=1S/C46H30N2S/c1-2-13-35(14-3-1)47(44-19-10-17-40-39-16-7-9-20-45(39)49-46(40)44)36-25-21-32(22-26-36)34-24-28-43-41(30-34)38-15-6-8-18-42(38)48(43)37-27-23-31-11-4-5-12-33(31)29-37/h1-30H. The summed E-state index contributed by atoms with van der Waals surface area (Å²) in [5, 5.41) is 7.63. The van der Waals surface area contributed by atoms with Gasteiger partial charge in [-0.15, -0.1) is 11.3 Å². The van der Waals surface area contributed by atoms with E-state index in [1.165, 1.54) is 75.3 Å². The molecule has 0 fully saturated rings. The van der Waals surface area contributed by atoms with Gasteiger partial charge in [-0.1, -0.05) is 115 Å². The first-order valence-corrected chi connectivity index (χ1v) is 17.5. The van der Waals surface area contributed by atoms with Gasteiger partial charge in [0, 0.05) is 43.3 Å². The second-order valence-electron chi connectivity index (χ2n) is 12.6. The summed E-state index contributed by atoms with van der Waals surface area (Å²) in [4.78, 5) is 2.39. The predicted octanol–water partition coefficient (Wildman–Crippen LogP) is 13.4. The molecule has 0 saturated carbocycles. The van der Waals surface area contributed by atoms with Crippen molar-refractivity contribution in [2.45, 2.75) is 0 Å². The highest BCUT2D eigenvalue weighted by Gasteiger charge is 2.18. The Morgan fingerprint density at radius 3 is 1.96 bits per heavy atom. The van der Waals surface area contributed by atoms with Crippen molar-refractivity contribution < 1.29 is 0 Å². The van der Waals surface area contributed by atoms with Gasteiger partial charge in [-0.3, -0.25) is 0 Å². The second-order valence-corrected chi connectivity index (χ2v) is 13.6. The molecule has 49 heavy (non-hydrogen) atoms. The van der Waals surface area contributed by atoms with Crippen molar-refractivity contribution in [1.29, 1.82) is 0 Å². The molecule has 0 N–H and O–H groups in total. The molecule has 0 unspecified atom stereocenters. The van der Waals surface area contributed by atoms with Crippen LogP contribution in [0.5, 0.6) is 0 Å². The van der Waals surface area contributed by atoms with Crippen LogP contribution in [0.4, 0.5) is 17.1 Å². The van der Waals surface area contributed by atoms with E-state index in [0.29, 0.717) is 0 Å². The Labute approximate surface area is 288 Å². The molecule has 0 aliphatic heterocycles. The van der Waals surface area contributed by atoms with Gasteiger partial charge >= 0.3 is 0 Å². The van der Waals surface area contributed by atoms with Crippen LogP contribution < -0.4 is 4.90 Å². The number of para-hydroxylation sites is 2. The summed E-state index contributed by atoms with van der Waals surface area (Å²) < 4.78 is 5.01. The Hall–Kier alpha value is -6.16. The average molecular weight is 643 g/mol. The van der Waals surface area contributed by atoms with Crippen molar-refractivity contribution in [3.05, 3.63) is 182 Å². The zero-order valence-electron chi connectivity index (χ0n) is 26.6. The summed E-state index contributed by atoms with van der Waals surface area (Å²) in [5.41, 5.74) is 9.48. The molecular formula is C46H30N2S. The largest absolute Gasteiger partial charge is 0.309 e. The summed E-state index contributed by atoms with van der Waals surface area (Å²) in [6.45, 7) is 0. The monoisotopic (exact) mass is 642 g/mol. The Balaban J connectivity index is 1.09. The van der Waals surface area contributed by atoms with Crippen molar-refractivity contribution in [3.63, 3.8) is 0 Å². The van der Waals surface area contributed by atoms with Gasteiger partial charge in [0.1, 0.15) is 0 Å². The molecule has 2 nitrogen and oxygen atoms in total. The van der Waals surface area contributed by atoms with E-state index in [-0.39, 0.29) is 0 Å². The molecule has 3 heteroatoms. The van der Waals surface area contributed by atoms with E-state index in [9.17, 15) is 0 Å². The number of nitrogens with zero attached hydrogens (tertiary/aromatic N) is 2. The van der Waals surface area contributed by atoms with Gasteiger partial charge in [0.25, 0.3) is 0 Å². The summed E-state index contributed by atoms with van der Waals surface area (Å²) >= 11 is 1.86. The minimum atomic E-state index is 1.13. The molecule has 0 atom stereocenters. The zero-order valence-corrected chi connectivity index (χ0v) is 27.4. The van der Waals surface area contributed by atoms with Gasteiger partial charge < -0.3 is 9.47 Å². The van der Waals surface area contributed by atoms with E-state index < -0.39 is 0 Å². The number of fused-ring (bicyclic) bond motifs is 7. The predicted molar refractivity (Wildman–Crippen MR) is 211 cm³/mol. The smallest absolute Gasteiger partial charge is 0.0640 e. The highest BCUT2D eigenvalue weighted by atomic mass is 32.1. The molecule has 2 heterocycles. The minimum absolute atomic E-state index is 1.13. The molecule has 0 bridgehead atoms. The number of aromatic nitrogens is 1. The van der Waals surface area contributed by atoms with Crippen molar-refractivity contribution in [2.75, 3.05) is 4.90 Å². The van der Waals surface area contributed by atoms with Crippen molar-refractivity contribution >= 4 is 81.1 Å². The van der Waals surface area contributed by atoms with Crippen LogP contribution in [0.25, 0.3) is 69.6 Å². The lowest BCUT2D eigenvalue weighted by Crippen LogP contribution is -2.09. The lowest BCUT2D eigenvalue weighted by molar-refractivity contribution is 1.19. The molecule has 0 aliphatic rings. The number of benzene rings is 8. The molecule has 0 amide bonds. The first-order valence-electron chi connectivity index (χ1n) is 16.7. The third-order valence-corrected chi connectivity index (χ3v) is 11.0. The van der Waals surface area contributed by atoms with Crippen LogP contribution in [-0.4, -0.2) is 4.57 Å². The fraction of sp³-hybridized carbons (Fsp3) is 0. The lowest BCUT2D eigenvalue weighted by Gasteiger charge is -2.26. The average Bonchev–Trinajstić information content (AvgIpc) is 3.72. The van der Waals surface area contributed by atoms with Crippen LogP contribution in [0, 0.1) is 0 Å². The molecule has 0 radical (unpaired) electrons. The van der Waals surface area contributed by atoms with Crippen molar-refractivity contribution in [3.8, 4) is 16.8 Å². The Kier molecular flexibility index (Phi) is 6.39. The molecule has 0 saturated heterocycles. The second kappa shape index (κ2) is 11.2. The highest BCUT2D eigenvalue weighted by molar-refractivity contribution is 7.26. The van der Waals surface area contributed by atoms with Gasteiger partial charge in [-0.05, 0) is 88.6 Å². The fourth-order valence-corrected chi connectivity index (χ4v) is 8.67. The normalized spacial score (nSPS) is 11.7. The molecule has 8 aromatic carbocycles. The Bertz CT molecular complexity index is 2830. The maximum absolute atomic E-state index is 2.40. The lowest BCUT2D eigenvalue weighted by atomic mass is 10.0. The van der Waals surface area contributed by atoms with Gasteiger partial charge in [0.15, 0.2) is 0 Å². The van der Waals surface area contributed by atoms with Crippen LogP contribution in [0.3, 0.4) is 0 Å². The molecule has 0 aliphatic carbocycles. The minimum Gasteiger partial charge on any atom is -0.309 e. The third-order valence-electron chi connectivity index (χ3n) is 9.76. The number of thiophene rings is 1. The van der Waals surface area contributed by atoms with E-state index in [4.69, 9.17) is 0 Å². The molecule has 0 spiro atoms.